The van der Waals surface area contributed by atoms with Crippen molar-refractivity contribution in [1.82, 2.24) is 9.97 Å². The smallest absolute Gasteiger partial charge is 0.352 e. The highest BCUT2D eigenvalue weighted by Crippen LogP contribution is 2.42. The molecule has 1 aliphatic heterocycles. The number of anilines is 1. The number of halogens is 1. The standard InChI is InChI=1S/C17H23ClN3O7PS/c1-29(24,25)28-26-6-10-12(22)13(23)14(27-10)9-7-30-15-11(9)20-17(18)21-16(15)19-8-4-2-3-5-8/h7-8,10,12-14,22-23H,2-6H2,1H3,(H,24,25)(H,19,20,21)/t10-,12-,13-,14+/m1/s1. The highest BCUT2D eigenvalue weighted by atomic mass is 35.5. The van der Waals surface area contributed by atoms with Gasteiger partial charge in [0.15, 0.2) is 0 Å². The fourth-order valence-corrected chi connectivity index (χ4v) is 5.22. The number of nitrogens with one attached hydrogen (secondary N) is 1. The van der Waals surface area contributed by atoms with Crippen molar-refractivity contribution in [1.29, 1.82) is 0 Å². The molecule has 30 heavy (non-hydrogen) atoms. The molecule has 0 radical (unpaired) electrons. The van der Waals surface area contributed by atoms with Crippen molar-refractivity contribution in [3.63, 3.8) is 0 Å². The Morgan fingerprint density at radius 3 is 2.77 bits per heavy atom. The topological polar surface area (TPSA) is 143 Å². The minimum absolute atomic E-state index is 0.0746. The summed E-state index contributed by atoms with van der Waals surface area (Å²) in [6.45, 7) is 0.633. The number of aromatic nitrogens is 2. The summed E-state index contributed by atoms with van der Waals surface area (Å²) in [4.78, 5) is 22.5. The van der Waals surface area contributed by atoms with Gasteiger partial charge in [0.2, 0.25) is 5.28 Å². The zero-order valence-electron chi connectivity index (χ0n) is 16.1. The minimum Gasteiger partial charge on any atom is -0.387 e. The molecule has 2 fully saturated rings. The first-order valence-electron chi connectivity index (χ1n) is 9.57. The summed E-state index contributed by atoms with van der Waals surface area (Å²) in [6, 6.07) is 0.336. The van der Waals surface area contributed by atoms with Crippen LogP contribution < -0.4 is 5.32 Å². The Morgan fingerprint density at radius 2 is 2.07 bits per heavy atom. The van der Waals surface area contributed by atoms with Gasteiger partial charge >= 0.3 is 7.60 Å². The highest BCUT2D eigenvalue weighted by Gasteiger charge is 2.45. The lowest BCUT2D eigenvalue weighted by molar-refractivity contribution is -0.236. The van der Waals surface area contributed by atoms with Gasteiger partial charge in [-0.1, -0.05) is 12.8 Å². The van der Waals surface area contributed by atoms with Crippen LogP contribution in [0.5, 0.6) is 0 Å². The van der Waals surface area contributed by atoms with E-state index < -0.39 is 32.0 Å². The van der Waals surface area contributed by atoms with Crippen LogP contribution in [0.25, 0.3) is 10.2 Å². The summed E-state index contributed by atoms with van der Waals surface area (Å²) in [5.74, 6) is 0.649. The SMILES string of the molecule is CP(=O)(O)OOC[C@H]1O[C@@H](c2csc3c(NC4CCCC4)nc(Cl)nc23)[C@H](O)[C@@H]1O. The van der Waals surface area contributed by atoms with Crippen molar-refractivity contribution in [2.75, 3.05) is 18.6 Å². The van der Waals surface area contributed by atoms with Crippen molar-refractivity contribution >= 4 is 46.6 Å². The van der Waals surface area contributed by atoms with E-state index in [0.717, 1.165) is 24.2 Å². The number of thiophene rings is 1. The van der Waals surface area contributed by atoms with Gasteiger partial charge in [0, 0.05) is 18.3 Å². The van der Waals surface area contributed by atoms with Gasteiger partial charge in [-0.05, 0) is 29.8 Å². The zero-order valence-corrected chi connectivity index (χ0v) is 18.6. The van der Waals surface area contributed by atoms with Crippen molar-refractivity contribution in [2.24, 2.45) is 0 Å². The maximum absolute atomic E-state index is 11.1. The van der Waals surface area contributed by atoms with E-state index >= 15 is 0 Å². The van der Waals surface area contributed by atoms with Crippen LogP contribution in [0.2, 0.25) is 5.28 Å². The molecular weight excluding hydrogens is 457 g/mol. The number of aliphatic hydroxyl groups excluding tert-OH is 2. The highest BCUT2D eigenvalue weighted by molar-refractivity contribution is 7.51. The van der Waals surface area contributed by atoms with Crippen molar-refractivity contribution in [3.8, 4) is 0 Å². The molecular formula is C17H23ClN3O7PS. The molecule has 0 bridgehead atoms. The molecule has 1 unspecified atom stereocenters. The third-order valence-electron chi connectivity index (χ3n) is 5.20. The number of hydrogen-bond donors (Lipinski definition) is 4. The Morgan fingerprint density at radius 1 is 1.33 bits per heavy atom. The van der Waals surface area contributed by atoms with Crippen LogP contribution in [0.1, 0.15) is 37.4 Å². The number of hydrogen-bond acceptors (Lipinski definition) is 10. The molecule has 1 saturated heterocycles. The normalized spacial score (nSPS) is 29.5. The molecule has 166 valence electrons. The lowest BCUT2D eigenvalue weighted by atomic mass is 10.0. The summed E-state index contributed by atoms with van der Waals surface area (Å²) >= 11 is 7.55. The van der Waals surface area contributed by atoms with Crippen LogP contribution in [0.4, 0.5) is 5.82 Å². The Bertz CT molecular complexity index is 951. The van der Waals surface area contributed by atoms with Gasteiger partial charge in [-0.2, -0.15) is 4.98 Å². The first-order chi connectivity index (χ1) is 14.2. The van der Waals surface area contributed by atoms with E-state index in [2.05, 4.69) is 20.0 Å². The first kappa shape index (κ1) is 22.3. The number of rotatable bonds is 7. The van der Waals surface area contributed by atoms with Gasteiger partial charge in [0.25, 0.3) is 0 Å². The van der Waals surface area contributed by atoms with Crippen LogP contribution >= 0.6 is 30.5 Å². The van der Waals surface area contributed by atoms with Crippen molar-refractivity contribution < 1.29 is 34.0 Å². The third kappa shape index (κ3) is 4.79. The molecule has 5 atom stereocenters. The molecule has 0 aromatic carbocycles. The zero-order chi connectivity index (χ0) is 21.5. The number of ether oxygens (including phenoxy) is 1. The molecule has 3 heterocycles. The predicted octanol–water partition coefficient (Wildman–Crippen LogP) is 2.62. The second kappa shape index (κ2) is 8.93. The van der Waals surface area contributed by atoms with E-state index in [1.165, 1.54) is 24.2 Å². The van der Waals surface area contributed by atoms with Crippen molar-refractivity contribution in [3.05, 3.63) is 16.2 Å². The summed E-state index contributed by atoms with van der Waals surface area (Å²) in [7, 11) is -3.84. The Balaban J connectivity index is 1.55. The molecule has 2 aromatic rings. The molecule has 4 N–H and O–H groups in total. The number of aliphatic hydroxyl groups is 2. The molecule has 1 aliphatic carbocycles. The van der Waals surface area contributed by atoms with Crippen molar-refractivity contribution in [2.45, 2.75) is 56.1 Å². The van der Waals surface area contributed by atoms with E-state index in [1.807, 2.05) is 0 Å². The molecule has 2 aliphatic rings. The predicted molar refractivity (Wildman–Crippen MR) is 111 cm³/mol. The summed E-state index contributed by atoms with van der Waals surface area (Å²) in [5.41, 5.74) is 1.12. The summed E-state index contributed by atoms with van der Waals surface area (Å²) in [6.07, 6.45) is 0.116. The maximum atomic E-state index is 11.1. The minimum atomic E-state index is -3.84. The average molecular weight is 480 g/mol. The van der Waals surface area contributed by atoms with E-state index in [0.29, 0.717) is 22.9 Å². The second-order valence-corrected chi connectivity index (χ2v) is 10.5. The van der Waals surface area contributed by atoms with Crippen LogP contribution in [0.3, 0.4) is 0 Å². The summed E-state index contributed by atoms with van der Waals surface area (Å²) < 4.78 is 22.1. The third-order valence-corrected chi connectivity index (χ3v) is 6.75. The first-order valence-corrected chi connectivity index (χ1v) is 12.9. The Labute approximate surface area is 181 Å². The fraction of sp³-hybridized carbons (Fsp3) is 0.647. The van der Waals surface area contributed by atoms with Gasteiger partial charge in [-0.15, -0.1) is 16.0 Å². The lowest BCUT2D eigenvalue weighted by Crippen LogP contribution is -2.33. The van der Waals surface area contributed by atoms with E-state index in [1.54, 1.807) is 5.38 Å². The lowest BCUT2D eigenvalue weighted by Gasteiger charge is -2.15. The monoisotopic (exact) mass is 479 g/mol. The number of fused-ring (bicyclic) bond motifs is 1. The van der Waals surface area contributed by atoms with Crippen LogP contribution in [-0.2, 0) is 18.9 Å². The number of nitrogens with zero attached hydrogens (tertiary/aromatic N) is 2. The quantitative estimate of drug-likeness (QED) is 0.202. The maximum Gasteiger partial charge on any atom is 0.352 e. The molecule has 0 spiro atoms. The van der Waals surface area contributed by atoms with Gasteiger partial charge in [-0.25, -0.2) is 9.87 Å². The van der Waals surface area contributed by atoms with Gasteiger partial charge in [0.05, 0.1) is 10.2 Å². The second-order valence-electron chi connectivity index (χ2n) is 7.57. The van der Waals surface area contributed by atoms with Gasteiger partial charge in [-0.3, -0.25) is 4.57 Å². The van der Waals surface area contributed by atoms with Gasteiger partial charge in [0.1, 0.15) is 36.8 Å². The molecule has 1 saturated carbocycles. The molecule has 13 heteroatoms. The fourth-order valence-electron chi connectivity index (χ4n) is 3.81. The molecule has 2 aromatic heterocycles. The Hall–Kier alpha value is -0.880. The summed E-state index contributed by atoms with van der Waals surface area (Å²) in [5, 5.41) is 26.1. The van der Waals surface area contributed by atoms with E-state index in [4.69, 9.17) is 26.1 Å². The largest absolute Gasteiger partial charge is 0.387 e. The van der Waals surface area contributed by atoms with E-state index in [-0.39, 0.29) is 11.9 Å². The average Bonchev–Trinajstić information content (AvgIpc) is 3.37. The van der Waals surface area contributed by atoms with Gasteiger partial charge < -0.3 is 25.2 Å². The van der Waals surface area contributed by atoms with Crippen LogP contribution in [0.15, 0.2) is 5.38 Å². The van der Waals surface area contributed by atoms with Crippen LogP contribution in [-0.4, -0.2) is 62.7 Å². The van der Waals surface area contributed by atoms with Crippen LogP contribution in [0, 0.1) is 0 Å². The van der Waals surface area contributed by atoms with E-state index in [9.17, 15) is 14.8 Å². The molecule has 0 amide bonds. The Kier molecular flexibility index (Phi) is 6.64. The molecule has 10 nitrogen and oxygen atoms in total. The molecule has 4 rings (SSSR count).